The fourth-order valence-electron chi connectivity index (χ4n) is 3.85. The molecule has 2 bridgehead atoms. The van der Waals surface area contributed by atoms with Crippen molar-refractivity contribution in [1.29, 1.82) is 0 Å². The number of carbonyl (C=O) groups excluding carboxylic acids is 1. The highest BCUT2D eigenvalue weighted by molar-refractivity contribution is 5.89. The van der Waals surface area contributed by atoms with Gasteiger partial charge in [0.15, 0.2) is 0 Å². The SMILES string of the molecule is O=C(N[C@@H](Cc1ccc(O)cc1)C(=O)O)[C@@H]1[C@H](C(=O)O)[C@H]2C=C[C@H]1C2. The molecule has 25 heavy (non-hydrogen) atoms. The Morgan fingerprint density at radius 2 is 1.64 bits per heavy atom. The van der Waals surface area contributed by atoms with Gasteiger partial charge in [0, 0.05) is 6.42 Å². The first kappa shape index (κ1) is 17.0. The number of hydrogen-bond donors (Lipinski definition) is 4. The van der Waals surface area contributed by atoms with Crippen LogP contribution in [0.5, 0.6) is 5.75 Å². The van der Waals surface area contributed by atoms with Crippen LogP contribution in [-0.4, -0.2) is 39.2 Å². The minimum atomic E-state index is -1.19. The molecule has 0 heterocycles. The Bertz CT molecular complexity index is 726. The van der Waals surface area contributed by atoms with E-state index in [9.17, 15) is 29.7 Å². The monoisotopic (exact) mass is 345 g/mol. The van der Waals surface area contributed by atoms with Gasteiger partial charge in [0.05, 0.1) is 11.8 Å². The lowest BCUT2D eigenvalue weighted by atomic mass is 9.82. The molecule has 1 saturated carbocycles. The minimum Gasteiger partial charge on any atom is -0.508 e. The lowest BCUT2D eigenvalue weighted by Crippen LogP contribution is -2.48. The Balaban J connectivity index is 1.72. The third kappa shape index (κ3) is 3.35. The maximum absolute atomic E-state index is 12.6. The molecular formula is C18H19NO6. The minimum absolute atomic E-state index is 0.0513. The third-order valence-corrected chi connectivity index (χ3v) is 5.04. The van der Waals surface area contributed by atoms with E-state index in [-0.39, 0.29) is 24.0 Å². The van der Waals surface area contributed by atoms with Crippen LogP contribution in [0.4, 0.5) is 0 Å². The number of benzene rings is 1. The maximum atomic E-state index is 12.6. The van der Waals surface area contributed by atoms with Crippen LogP contribution in [0.25, 0.3) is 0 Å². The third-order valence-electron chi connectivity index (χ3n) is 5.04. The Hall–Kier alpha value is -2.83. The highest BCUT2D eigenvalue weighted by atomic mass is 16.4. The zero-order chi connectivity index (χ0) is 18.1. The van der Waals surface area contributed by atoms with E-state index in [0.717, 1.165) is 0 Å². The molecule has 5 atom stereocenters. The Morgan fingerprint density at radius 3 is 2.20 bits per heavy atom. The molecule has 4 N–H and O–H groups in total. The second-order valence-electron chi connectivity index (χ2n) is 6.61. The normalized spacial score (nSPS) is 27.8. The smallest absolute Gasteiger partial charge is 0.326 e. The van der Waals surface area contributed by atoms with Gasteiger partial charge in [-0.25, -0.2) is 4.79 Å². The predicted molar refractivity (Wildman–Crippen MR) is 86.7 cm³/mol. The first-order chi connectivity index (χ1) is 11.9. The van der Waals surface area contributed by atoms with Gasteiger partial charge in [-0.2, -0.15) is 0 Å². The molecule has 0 unspecified atom stereocenters. The number of allylic oxidation sites excluding steroid dienone is 2. The average Bonchev–Trinajstić information content (AvgIpc) is 3.17. The van der Waals surface area contributed by atoms with Crippen molar-refractivity contribution in [3.8, 4) is 5.75 Å². The Labute approximate surface area is 144 Å². The van der Waals surface area contributed by atoms with E-state index >= 15 is 0 Å². The van der Waals surface area contributed by atoms with Crippen LogP contribution in [-0.2, 0) is 20.8 Å². The van der Waals surface area contributed by atoms with Crippen LogP contribution in [0.15, 0.2) is 36.4 Å². The first-order valence-corrected chi connectivity index (χ1v) is 8.09. The molecule has 1 aromatic rings. The van der Waals surface area contributed by atoms with E-state index in [1.54, 1.807) is 12.1 Å². The van der Waals surface area contributed by atoms with Crippen molar-refractivity contribution in [2.24, 2.45) is 23.7 Å². The molecule has 7 heteroatoms. The van der Waals surface area contributed by atoms with Crippen LogP contribution in [0.2, 0.25) is 0 Å². The second-order valence-corrected chi connectivity index (χ2v) is 6.61. The molecule has 2 aliphatic carbocycles. The van der Waals surface area contributed by atoms with Crippen LogP contribution in [0, 0.1) is 23.7 Å². The summed E-state index contributed by atoms with van der Waals surface area (Å²) < 4.78 is 0. The summed E-state index contributed by atoms with van der Waals surface area (Å²) in [6, 6.07) is 4.89. The number of aromatic hydroxyl groups is 1. The fourth-order valence-corrected chi connectivity index (χ4v) is 3.85. The van der Waals surface area contributed by atoms with Crippen molar-refractivity contribution in [3.63, 3.8) is 0 Å². The second kappa shape index (κ2) is 6.58. The molecule has 0 radical (unpaired) electrons. The summed E-state index contributed by atoms with van der Waals surface area (Å²) in [7, 11) is 0. The van der Waals surface area contributed by atoms with E-state index in [1.807, 2.05) is 12.2 Å². The van der Waals surface area contributed by atoms with Crippen molar-refractivity contribution in [1.82, 2.24) is 5.32 Å². The number of carboxylic acids is 2. The lowest BCUT2D eigenvalue weighted by Gasteiger charge is -2.25. The molecule has 0 aliphatic heterocycles. The van der Waals surface area contributed by atoms with Gasteiger partial charge in [-0.3, -0.25) is 9.59 Å². The van der Waals surface area contributed by atoms with E-state index in [1.165, 1.54) is 12.1 Å². The average molecular weight is 345 g/mol. The van der Waals surface area contributed by atoms with Crippen molar-refractivity contribution in [2.75, 3.05) is 0 Å². The molecule has 0 spiro atoms. The summed E-state index contributed by atoms with van der Waals surface area (Å²) in [6.45, 7) is 0. The maximum Gasteiger partial charge on any atom is 0.326 e. The van der Waals surface area contributed by atoms with E-state index in [2.05, 4.69) is 5.32 Å². The fraction of sp³-hybridized carbons (Fsp3) is 0.389. The molecular weight excluding hydrogens is 326 g/mol. The molecule has 2 aliphatic rings. The summed E-state index contributed by atoms with van der Waals surface area (Å²) in [5, 5.41) is 30.6. The number of phenolic OH excluding ortho intramolecular Hbond substituents is 1. The van der Waals surface area contributed by atoms with E-state index in [0.29, 0.717) is 12.0 Å². The number of rotatable bonds is 6. The number of carboxylic acid groups (broad SMARTS) is 2. The van der Waals surface area contributed by atoms with E-state index in [4.69, 9.17) is 0 Å². The van der Waals surface area contributed by atoms with Crippen molar-refractivity contribution < 1.29 is 29.7 Å². The topological polar surface area (TPSA) is 124 Å². The molecule has 0 aromatic heterocycles. The Morgan fingerprint density at radius 1 is 1.04 bits per heavy atom. The van der Waals surface area contributed by atoms with Crippen molar-refractivity contribution in [3.05, 3.63) is 42.0 Å². The quantitative estimate of drug-likeness (QED) is 0.571. The summed E-state index contributed by atoms with van der Waals surface area (Å²) in [6.07, 6.45) is 4.35. The van der Waals surface area contributed by atoms with Crippen molar-refractivity contribution in [2.45, 2.75) is 18.9 Å². The number of fused-ring (bicyclic) bond motifs is 2. The largest absolute Gasteiger partial charge is 0.508 e. The lowest BCUT2D eigenvalue weighted by molar-refractivity contribution is -0.148. The van der Waals surface area contributed by atoms with Crippen molar-refractivity contribution >= 4 is 17.8 Å². The van der Waals surface area contributed by atoms with Gasteiger partial charge >= 0.3 is 11.9 Å². The highest BCUT2D eigenvalue weighted by Crippen LogP contribution is 2.48. The van der Waals surface area contributed by atoms with Crippen LogP contribution in [0.1, 0.15) is 12.0 Å². The Kier molecular flexibility index (Phi) is 4.48. The molecule has 3 rings (SSSR count). The molecule has 0 saturated heterocycles. The van der Waals surface area contributed by atoms with Gasteiger partial charge in [0.2, 0.25) is 5.91 Å². The van der Waals surface area contributed by atoms with Gasteiger partial charge in [-0.05, 0) is 36.0 Å². The van der Waals surface area contributed by atoms with Gasteiger partial charge in [-0.15, -0.1) is 0 Å². The number of aliphatic carboxylic acids is 2. The summed E-state index contributed by atoms with van der Waals surface area (Å²) in [5.74, 6) is -4.55. The molecule has 7 nitrogen and oxygen atoms in total. The number of phenols is 1. The first-order valence-electron chi connectivity index (χ1n) is 8.09. The van der Waals surface area contributed by atoms with E-state index < -0.39 is 35.7 Å². The van der Waals surface area contributed by atoms with Gasteiger partial charge in [-0.1, -0.05) is 24.3 Å². The molecule has 1 amide bonds. The number of nitrogens with one attached hydrogen (secondary N) is 1. The zero-order valence-corrected chi connectivity index (χ0v) is 13.3. The summed E-state index contributed by atoms with van der Waals surface area (Å²) in [4.78, 5) is 35.6. The number of amides is 1. The van der Waals surface area contributed by atoms with Crippen LogP contribution in [0.3, 0.4) is 0 Å². The highest BCUT2D eigenvalue weighted by Gasteiger charge is 2.52. The van der Waals surface area contributed by atoms with Gasteiger partial charge in [0.25, 0.3) is 0 Å². The molecule has 132 valence electrons. The number of hydrogen-bond acceptors (Lipinski definition) is 4. The summed E-state index contributed by atoms with van der Waals surface area (Å²) in [5.41, 5.74) is 0.646. The summed E-state index contributed by atoms with van der Waals surface area (Å²) >= 11 is 0. The zero-order valence-electron chi connectivity index (χ0n) is 13.3. The molecule has 1 aromatic carbocycles. The van der Waals surface area contributed by atoms with Crippen LogP contribution >= 0.6 is 0 Å². The van der Waals surface area contributed by atoms with Gasteiger partial charge in [0.1, 0.15) is 11.8 Å². The standard InChI is InChI=1S/C18H19NO6/c20-12-5-1-9(2-6-12)7-13(17(22)23)19-16(21)14-10-3-4-11(8-10)15(14)18(24)25/h1-6,10-11,13-15,20H,7-8H2,(H,19,21)(H,22,23)(H,24,25)/t10-,11-,13-,14-,15+/m0/s1. The molecule has 1 fully saturated rings. The van der Waals surface area contributed by atoms with Crippen LogP contribution < -0.4 is 5.32 Å². The predicted octanol–water partition coefficient (Wildman–Crippen LogP) is 1.03. The van der Waals surface area contributed by atoms with Gasteiger partial charge < -0.3 is 20.6 Å². The number of carbonyl (C=O) groups is 3.